The number of benzene rings is 17. The summed E-state index contributed by atoms with van der Waals surface area (Å²) >= 11 is 0. The first-order chi connectivity index (χ1) is 55.2. The number of nitrogens with zero attached hydrogens (tertiary/aromatic N) is 6. The van der Waals surface area contributed by atoms with Gasteiger partial charge in [-0.15, -0.1) is 0 Å². The highest BCUT2D eigenvalue weighted by Crippen LogP contribution is 2.54. The van der Waals surface area contributed by atoms with Crippen LogP contribution in [0.25, 0.3) is 188 Å². The Labute approximate surface area is 656 Å². The van der Waals surface area contributed by atoms with Crippen LogP contribution in [-0.2, 0) is 16.2 Å². The van der Waals surface area contributed by atoms with Crippen LogP contribution < -0.4 is 0 Å². The molecule has 3 heterocycles. The average molecular weight is 1450 g/mol. The summed E-state index contributed by atoms with van der Waals surface area (Å²) in [4.78, 5) is 31.2. The summed E-state index contributed by atoms with van der Waals surface area (Å²) in [7, 11) is 0. The minimum atomic E-state index is -0.0347. The van der Waals surface area contributed by atoms with E-state index in [0.29, 0.717) is 0 Å². The van der Waals surface area contributed by atoms with Crippen molar-refractivity contribution in [3.8, 4) is 101 Å². The van der Waals surface area contributed by atoms with E-state index in [-0.39, 0.29) is 16.2 Å². The summed E-state index contributed by atoms with van der Waals surface area (Å²) in [6, 6.07) is 125. The minimum absolute atomic E-state index is 0.0198. The van der Waals surface area contributed by atoms with Crippen molar-refractivity contribution in [3.05, 3.63) is 385 Å². The fraction of sp³-hybridized carbons (Fsp3) is 0.0841. The van der Waals surface area contributed by atoms with Crippen LogP contribution >= 0.6 is 0 Å². The molecule has 0 bridgehead atoms. The molecule has 17 aromatic carbocycles. The van der Waals surface area contributed by atoms with E-state index in [9.17, 15) is 0 Å². The summed E-state index contributed by atoms with van der Waals surface area (Å²) in [6.45, 7) is 14.0. The standard InChI is InChI=1S/2C37H26N2.C33H24N2/c1-37(2)31-15-9-8-14-29(31)30-21-25-16-17-26(20-27(25)22-32(30)37)35-34(24-11-4-3-5-12-24)39-36-28-13-7-6-10-23(28)18-19-33(36)38-35;1-37(2)31-15-9-8-14-29(31)30-21-25-16-17-26(20-27(25)22-32(30)37)35-34(24-11-4-3-5-12-24)38-33-19-18-23-10-6-7-13-28(23)36(33)39-35;1-33(2)27-13-7-6-12-25(27)26-19-22-16-17-23(18-24(22)20-28(26)33)32-31(21-10-4-3-5-11-21)34-29-14-8-9-15-30(29)35-32/h2*3-22H,1-2H3;3-20H,1-2H3. The fourth-order valence-corrected chi connectivity index (χ4v) is 18.4. The van der Waals surface area contributed by atoms with Gasteiger partial charge in [0.05, 0.1) is 67.3 Å². The molecule has 0 radical (unpaired) electrons. The maximum Gasteiger partial charge on any atom is 0.0973 e. The summed E-state index contributed by atoms with van der Waals surface area (Å²) < 4.78 is 0. The van der Waals surface area contributed by atoms with Crippen molar-refractivity contribution < 1.29 is 0 Å². The topological polar surface area (TPSA) is 77.3 Å². The Morgan fingerprint density at radius 1 is 0.168 bits per heavy atom. The second kappa shape index (κ2) is 26.1. The molecule has 0 unspecified atom stereocenters. The van der Waals surface area contributed by atoms with E-state index >= 15 is 0 Å². The van der Waals surface area contributed by atoms with Gasteiger partial charge in [-0.1, -0.05) is 315 Å². The van der Waals surface area contributed by atoms with Crippen LogP contribution in [0.4, 0.5) is 0 Å². The lowest BCUT2D eigenvalue weighted by Gasteiger charge is -2.21. The van der Waals surface area contributed by atoms with Gasteiger partial charge in [-0.25, -0.2) is 29.9 Å². The Bertz CT molecular complexity index is 7330. The Morgan fingerprint density at radius 2 is 0.442 bits per heavy atom. The SMILES string of the molecule is CC1(C)c2ccccc2-c2cc3ccc(-c4nc5c(ccc6ccccc65)nc4-c4ccccc4)cc3cc21.CC1(C)c2ccccc2-c2cc3ccc(-c4nc5ccc6ccccc6c5nc4-c4ccccc4)cc3cc21.CC1(C)c2ccccc2-c2cc3ccc(-c4nc5ccccc5nc4-c4ccccc4)cc3cc21. The predicted molar refractivity (Wildman–Crippen MR) is 471 cm³/mol. The van der Waals surface area contributed by atoms with Crippen molar-refractivity contribution >= 4 is 87.0 Å². The maximum absolute atomic E-state index is 5.33. The van der Waals surface area contributed by atoms with E-state index < -0.39 is 0 Å². The third-order valence-corrected chi connectivity index (χ3v) is 24.3. The number of aromatic nitrogens is 6. The van der Waals surface area contributed by atoms with Gasteiger partial charge in [-0.3, -0.25) is 0 Å². The molecule has 0 spiro atoms. The molecule has 113 heavy (non-hydrogen) atoms. The molecule has 3 aliphatic rings. The third-order valence-electron chi connectivity index (χ3n) is 24.3. The third kappa shape index (κ3) is 11.1. The smallest absolute Gasteiger partial charge is 0.0973 e. The quantitative estimate of drug-likeness (QED) is 0.154. The number of para-hydroxylation sites is 2. The Kier molecular flexibility index (Phi) is 15.5. The van der Waals surface area contributed by atoms with Crippen LogP contribution in [0.5, 0.6) is 0 Å². The van der Waals surface area contributed by atoms with Crippen LogP contribution in [0.15, 0.2) is 352 Å². The maximum atomic E-state index is 5.33. The normalized spacial score (nSPS) is 13.6. The zero-order chi connectivity index (χ0) is 75.8. The van der Waals surface area contributed by atoms with E-state index in [1.54, 1.807) is 0 Å². The van der Waals surface area contributed by atoms with Crippen LogP contribution in [0.1, 0.15) is 74.9 Å². The van der Waals surface area contributed by atoms with E-state index in [1.165, 1.54) is 110 Å². The second-order valence-corrected chi connectivity index (χ2v) is 32.0. The fourth-order valence-electron chi connectivity index (χ4n) is 18.4. The van der Waals surface area contributed by atoms with E-state index in [1.807, 2.05) is 42.5 Å². The van der Waals surface area contributed by atoms with Gasteiger partial charge in [0.1, 0.15) is 0 Å². The molecule has 0 saturated carbocycles. The Balaban J connectivity index is 0.000000107. The summed E-state index contributed by atoms with van der Waals surface area (Å²) in [5, 5.41) is 12.0. The first kappa shape index (κ1) is 67.2. The summed E-state index contributed by atoms with van der Waals surface area (Å²) in [5.74, 6) is 0. The number of hydrogen-bond acceptors (Lipinski definition) is 6. The zero-order valence-electron chi connectivity index (χ0n) is 63.7. The van der Waals surface area contributed by atoms with Crippen LogP contribution in [0.3, 0.4) is 0 Å². The number of fused-ring (bicyclic) bond motifs is 19. The summed E-state index contributed by atoms with van der Waals surface area (Å²) in [5.41, 5.74) is 33.8. The van der Waals surface area contributed by atoms with E-state index in [0.717, 1.165) is 111 Å². The highest BCUT2D eigenvalue weighted by atomic mass is 14.9. The molecular weight excluding hydrogens is 1370 g/mol. The van der Waals surface area contributed by atoms with Gasteiger partial charge in [0.25, 0.3) is 0 Å². The van der Waals surface area contributed by atoms with E-state index in [2.05, 4.69) is 351 Å². The van der Waals surface area contributed by atoms with Crippen molar-refractivity contribution in [2.75, 3.05) is 0 Å². The summed E-state index contributed by atoms with van der Waals surface area (Å²) in [6.07, 6.45) is 0. The molecule has 6 nitrogen and oxygen atoms in total. The average Bonchev–Trinajstić information content (AvgIpc) is 1.59. The highest BCUT2D eigenvalue weighted by Gasteiger charge is 2.38. The Morgan fingerprint density at radius 3 is 0.805 bits per heavy atom. The van der Waals surface area contributed by atoms with E-state index in [4.69, 9.17) is 29.9 Å². The van der Waals surface area contributed by atoms with Crippen molar-refractivity contribution in [1.82, 2.24) is 29.9 Å². The van der Waals surface area contributed by atoms with Gasteiger partial charge < -0.3 is 0 Å². The lowest BCUT2D eigenvalue weighted by molar-refractivity contribution is 0.661. The van der Waals surface area contributed by atoms with Gasteiger partial charge in [-0.05, 0) is 189 Å². The molecule has 0 atom stereocenters. The first-order valence-corrected chi connectivity index (χ1v) is 39.1. The van der Waals surface area contributed by atoms with Crippen LogP contribution in [0.2, 0.25) is 0 Å². The molecule has 0 N–H and O–H groups in total. The second-order valence-electron chi connectivity index (χ2n) is 32.0. The van der Waals surface area contributed by atoms with Gasteiger partial charge in [0.15, 0.2) is 0 Å². The van der Waals surface area contributed by atoms with Gasteiger partial charge >= 0.3 is 0 Å². The molecule has 6 heteroatoms. The van der Waals surface area contributed by atoms with Crippen molar-refractivity contribution in [2.45, 2.75) is 57.8 Å². The first-order valence-electron chi connectivity index (χ1n) is 39.1. The molecule has 23 rings (SSSR count). The zero-order valence-corrected chi connectivity index (χ0v) is 63.7. The molecule has 0 amide bonds. The van der Waals surface area contributed by atoms with Gasteiger partial charge in [0, 0.05) is 60.4 Å². The highest BCUT2D eigenvalue weighted by molar-refractivity contribution is 6.08. The number of hydrogen-bond donors (Lipinski definition) is 0. The van der Waals surface area contributed by atoms with Crippen molar-refractivity contribution in [2.24, 2.45) is 0 Å². The molecule has 20 aromatic rings. The molecule has 0 fully saturated rings. The van der Waals surface area contributed by atoms with Crippen LogP contribution in [-0.4, -0.2) is 29.9 Å². The number of rotatable bonds is 6. The molecule has 0 aliphatic heterocycles. The van der Waals surface area contributed by atoms with Crippen LogP contribution in [0, 0.1) is 0 Å². The van der Waals surface area contributed by atoms with Crippen molar-refractivity contribution in [1.29, 1.82) is 0 Å². The lowest BCUT2D eigenvalue weighted by Crippen LogP contribution is -2.14. The molecule has 534 valence electrons. The molecular formula is C107H76N6. The molecule has 0 saturated heterocycles. The lowest BCUT2D eigenvalue weighted by atomic mass is 9.82. The molecule has 3 aromatic heterocycles. The largest absolute Gasteiger partial charge is 0.244 e. The Hall–Kier alpha value is -13.9. The minimum Gasteiger partial charge on any atom is -0.244 e. The van der Waals surface area contributed by atoms with Crippen molar-refractivity contribution in [3.63, 3.8) is 0 Å². The van der Waals surface area contributed by atoms with Gasteiger partial charge in [0.2, 0.25) is 0 Å². The molecule has 3 aliphatic carbocycles. The predicted octanol–water partition coefficient (Wildman–Crippen LogP) is 27.6. The monoisotopic (exact) mass is 1440 g/mol. The van der Waals surface area contributed by atoms with Gasteiger partial charge in [-0.2, -0.15) is 0 Å².